The lowest BCUT2D eigenvalue weighted by Crippen LogP contribution is -2.07. The van der Waals surface area contributed by atoms with Gasteiger partial charge in [-0.25, -0.2) is 4.39 Å². The van der Waals surface area contributed by atoms with E-state index in [1.807, 2.05) is 39.8 Å². The maximum Gasteiger partial charge on any atom is 0.235 e. The first-order valence-electron chi connectivity index (χ1n) is 6.93. The van der Waals surface area contributed by atoms with Gasteiger partial charge in [-0.15, -0.1) is 0 Å². The Bertz CT molecular complexity index is 338. The van der Waals surface area contributed by atoms with Crippen molar-refractivity contribution in [3.8, 4) is 5.75 Å². The Morgan fingerprint density at radius 1 is 1.32 bits per heavy atom. The minimum Gasteiger partial charge on any atom is -0.460 e. The van der Waals surface area contributed by atoms with E-state index in [0.29, 0.717) is 12.3 Å². The third-order valence-electron chi connectivity index (χ3n) is 2.02. The van der Waals surface area contributed by atoms with Crippen LogP contribution in [0.3, 0.4) is 0 Å². The van der Waals surface area contributed by atoms with Gasteiger partial charge in [-0.2, -0.15) is 0 Å². The number of rotatable bonds is 5. The quantitative estimate of drug-likeness (QED) is 0.849. The summed E-state index contributed by atoms with van der Waals surface area (Å²) >= 11 is 0. The summed E-state index contributed by atoms with van der Waals surface area (Å²) in [5.41, 5.74) is 7.28. The molecule has 2 N–H and O–H groups in total. The molecule has 1 unspecified atom stereocenters. The molecule has 1 aromatic rings. The summed E-state index contributed by atoms with van der Waals surface area (Å²) in [6.45, 7) is 13.6. The molecule has 0 aliphatic heterocycles. The molecule has 0 saturated carbocycles. The molecule has 19 heavy (non-hydrogen) atoms. The zero-order valence-electron chi connectivity index (χ0n) is 12.9. The average Bonchev–Trinajstić information content (AvgIpc) is 2.43. The molecule has 110 valence electrons. The number of benzene rings is 1. The second kappa shape index (κ2) is 13.1. The lowest BCUT2D eigenvalue weighted by atomic mass is 10.1. The minimum absolute atomic E-state index is 0.519. The van der Waals surface area contributed by atoms with Crippen molar-refractivity contribution >= 4 is 6.08 Å². The van der Waals surface area contributed by atoms with Crippen LogP contribution in [0.2, 0.25) is 0 Å². The summed E-state index contributed by atoms with van der Waals surface area (Å²) in [7, 11) is 0. The van der Waals surface area contributed by atoms with Gasteiger partial charge < -0.3 is 10.5 Å². The Balaban J connectivity index is 0. The highest BCUT2D eigenvalue weighted by Crippen LogP contribution is 2.23. The smallest absolute Gasteiger partial charge is 0.235 e. The molecule has 1 rings (SSSR count). The standard InChI is InChI=1S/C12H16FNO.2C2H6/c1-3-11-5-4-10(6-7-14)8-12(11)15-9(2)13;2*1-2/h3-5,8-9H,1,6-7,14H2,2H3;2*1-2H3. The first-order chi connectivity index (χ1) is 9.17. The highest BCUT2D eigenvalue weighted by Gasteiger charge is 2.06. The number of hydrogen-bond donors (Lipinski definition) is 1. The van der Waals surface area contributed by atoms with Crippen molar-refractivity contribution in [1.82, 2.24) is 0 Å². The molecule has 0 aliphatic rings. The Kier molecular flexibility index (Phi) is 13.8. The van der Waals surface area contributed by atoms with Crippen molar-refractivity contribution in [2.24, 2.45) is 5.73 Å². The van der Waals surface area contributed by atoms with E-state index in [0.717, 1.165) is 17.5 Å². The molecule has 0 radical (unpaired) electrons. The molecule has 0 fully saturated rings. The van der Waals surface area contributed by atoms with Gasteiger partial charge in [0, 0.05) is 12.5 Å². The Hall–Kier alpha value is -1.35. The summed E-state index contributed by atoms with van der Waals surface area (Å²) in [5.74, 6) is 0.519. The Morgan fingerprint density at radius 2 is 1.89 bits per heavy atom. The van der Waals surface area contributed by atoms with Crippen LogP contribution in [0.5, 0.6) is 5.75 Å². The highest BCUT2D eigenvalue weighted by molar-refractivity contribution is 5.56. The van der Waals surface area contributed by atoms with E-state index < -0.39 is 6.36 Å². The predicted octanol–water partition coefficient (Wildman–Crippen LogP) is 4.58. The van der Waals surface area contributed by atoms with Gasteiger partial charge in [-0.1, -0.05) is 52.5 Å². The van der Waals surface area contributed by atoms with Crippen LogP contribution in [-0.4, -0.2) is 12.9 Å². The van der Waals surface area contributed by atoms with Crippen molar-refractivity contribution in [3.05, 3.63) is 35.9 Å². The Labute approximate surface area is 117 Å². The van der Waals surface area contributed by atoms with Gasteiger partial charge in [0.1, 0.15) is 5.75 Å². The first kappa shape index (κ1) is 20.0. The van der Waals surface area contributed by atoms with Crippen molar-refractivity contribution in [3.63, 3.8) is 0 Å². The third-order valence-corrected chi connectivity index (χ3v) is 2.02. The number of alkyl halides is 1. The fourth-order valence-corrected chi connectivity index (χ4v) is 1.35. The van der Waals surface area contributed by atoms with Crippen molar-refractivity contribution < 1.29 is 9.13 Å². The summed E-state index contributed by atoms with van der Waals surface area (Å²) in [4.78, 5) is 0. The molecule has 1 aromatic carbocycles. The average molecular weight is 269 g/mol. The summed E-state index contributed by atoms with van der Waals surface area (Å²) < 4.78 is 17.8. The minimum atomic E-state index is -1.32. The van der Waals surface area contributed by atoms with E-state index in [1.165, 1.54) is 6.92 Å². The van der Waals surface area contributed by atoms with Crippen LogP contribution in [0.1, 0.15) is 45.7 Å². The highest BCUT2D eigenvalue weighted by atomic mass is 19.1. The number of ether oxygens (including phenoxy) is 1. The molecule has 0 bridgehead atoms. The van der Waals surface area contributed by atoms with Gasteiger partial charge in [0.05, 0.1) is 0 Å². The molecule has 3 heteroatoms. The van der Waals surface area contributed by atoms with Crippen molar-refractivity contribution in [2.75, 3.05) is 6.54 Å². The Morgan fingerprint density at radius 3 is 2.32 bits per heavy atom. The fraction of sp³-hybridized carbons (Fsp3) is 0.500. The predicted molar refractivity (Wildman–Crippen MR) is 83.2 cm³/mol. The van der Waals surface area contributed by atoms with Crippen LogP contribution < -0.4 is 10.5 Å². The van der Waals surface area contributed by atoms with Gasteiger partial charge in [0.25, 0.3) is 0 Å². The van der Waals surface area contributed by atoms with Gasteiger partial charge in [-0.3, -0.25) is 0 Å². The van der Waals surface area contributed by atoms with Crippen LogP contribution in [-0.2, 0) is 6.42 Å². The van der Waals surface area contributed by atoms with Crippen molar-refractivity contribution in [2.45, 2.75) is 47.4 Å². The van der Waals surface area contributed by atoms with E-state index >= 15 is 0 Å². The van der Waals surface area contributed by atoms with E-state index in [4.69, 9.17) is 10.5 Å². The molecule has 0 amide bonds. The number of halogens is 1. The summed E-state index contributed by atoms with van der Waals surface area (Å²) in [6, 6.07) is 5.61. The van der Waals surface area contributed by atoms with Crippen LogP contribution in [0.25, 0.3) is 6.08 Å². The van der Waals surface area contributed by atoms with Gasteiger partial charge in [-0.05, 0) is 24.6 Å². The topological polar surface area (TPSA) is 35.2 Å². The maximum atomic E-state index is 12.7. The molecule has 0 saturated heterocycles. The van der Waals surface area contributed by atoms with Crippen LogP contribution >= 0.6 is 0 Å². The zero-order valence-corrected chi connectivity index (χ0v) is 12.9. The lowest BCUT2D eigenvalue weighted by molar-refractivity contribution is 0.0857. The SMILES string of the molecule is C=Cc1ccc(CCN)cc1OC(C)F.CC.CC. The summed E-state index contributed by atoms with van der Waals surface area (Å²) in [6.07, 6.45) is 1.08. The largest absolute Gasteiger partial charge is 0.460 e. The second-order valence-electron chi connectivity index (χ2n) is 3.28. The number of hydrogen-bond acceptors (Lipinski definition) is 2. The molecular weight excluding hydrogens is 241 g/mol. The third kappa shape index (κ3) is 8.38. The lowest BCUT2D eigenvalue weighted by Gasteiger charge is -2.11. The first-order valence-corrected chi connectivity index (χ1v) is 6.93. The molecule has 0 spiro atoms. The molecule has 1 atom stereocenters. The van der Waals surface area contributed by atoms with E-state index in [2.05, 4.69) is 6.58 Å². The fourth-order valence-electron chi connectivity index (χ4n) is 1.35. The molecular formula is C16H28FNO. The van der Waals surface area contributed by atoms with Crippen LogP contribution in [0.15, 0.2) is 24.8 Å². The van der Waals surface area contributed by atoms with E-state index in [-0.39, 0.29) is 0 Å². The van der Waals surface area contributed by atoms with Crippen LogP contribution in [0, 0.1) is 0 Å². The normalized spacial score (nSPS) is 10.3. The molecule has 0 heterocycles. The summed E-state index contributed by atoms with van der Waals surface area (Å²) in [5, 5.41) is 0. The second-order valence-corrected chi connectivity index (χ2v) is 3.28. The van der Waals surface area contributed by atoms with Crippen molar-refractivity contribution in [1.29, 1.82) is 0 Å². The zero-order chi connectivity index (χ0) is 15.3. The molecule has 0 aromatic heterocycles. The van der Waals surface area contributed by atoms with E-state index in [1.54, 1.807) is 12.1 Å². The van der Waals surface area contributed by atoms with Gasteiger partial charge in [0.2, 0.25) is 6.36 Å². The van der Waals surface area contributed by atoms with E-state index in [9.17, 15) is 4.39 Å². The monoisotopic (exact) mass is 269 g/mol. The van der Waals surface area contributed by atoms with Crippen LogP contribution in [0.4, 0.5) is 4.39 Å². The molecule has 0 aliphatic carbocycles. The maximum absolute atomic E-state index is 12.7. The van der Waals surface area contributed by atoms with Gasteiger partial charge in [0.15, 0.2) is 0 Å². The number of nitrogens with two attached hydrogens (primary N) is 1. The van der Waals surface area contributed by atoms with Gasteiger partial charge >= 0.3 is 0 Å². The molecule has 2 nitrogen and oxygen atoms in total.